The van der Waals surface area contributed by atoms with E-state index >= 15 is 0 Å². The van der Waals surface area contributed by atoms with Gasteiger partial charge in [-0.2, -0.15) is 0 Å². The van der Waals surface area contributed by atoms with Crippen LogP contribution in [0.1, 0.15) is 32.6 Å². The molecule has 0 radical (unpaired) electrons. The van der Waals surface area contributed by atoms with Gasteiger partial charge in [-0.15, -0.1) is 0 Å². The molecule has 0 heterocycles. The summed E-state index contributed by atoms with van der Waals surface area (Å²) in [5, 5.41) is 5.16. The van der Waals surface area contributed by atoms with Crippen LogP contribution < -0.4 is 10.6 Å². The molecule has 1 fully saturated rings. The van der Waals surface area contributed by atoms with E-state index in [1.165, 1.54) is 12.1 Å². The van der Waals surface area contributed by atoms with Crippen molar-refractivity contribution in [1.82, 2.24) is 5.32 Å². The molecule has 1 aromatic rings. The Hall–Kier alpha value is -1.50. The first-order chi connectivity index (χ1) is 10.5. The molecule has 3 unspecified atom stereocenters. The van der Waals surface area contributed by atoms with Crippen LogP contribution in [0, 0.1) is 11.6 Å². The maximum atomic E-state index is 13.5. The highest BCUT2D eigenvalue weighted by Gasteiger charge is 2.26. The number of nitrogens with one attached hydrogen (secondary N) is 2. The van der Waals surface area contributed by atoms with Gasteiger partial charge < -0.3 is 10.6 Å². The van der Waals surface area contributed by atoms with Gasteiger partial charge in [0.05, 0.1) is 5.69 Å². The lowest BCUT2D eigenvalue weighted by atomic mass is 9.95. The van der Waals surface area contributed by atoms with E-state index in [-0.39, 0.29) is 17.0 Å². The number of urea groups is 1. The van der Waals surface area contributed by atoms with Crippen molar-refractivity contribution < 1.29 is 17.8 Å². The van der Waals surface area contributed by atoms with Crippen molar-refractivity contribution >= 4 is 22.5 Å². The van der Waals surface area contributed by atoms with Gasteiger partial charge in [0.2, 0.25) is 0 Å². The first-order valence-electron chi connectivity index (χ1n) is 7.40. The Morgan fingerprint density at radius 3 is 2.86 bits per heavy atom. The van der Waals surface area contributed by atoms with E-state index in [9.17, 15) is 17.8 Å². The van der Waals surface area contributed by atoms with Gasteiger partial charge >= 0.3 is 6.03 Å². The summed E-state index contributed by atoms with van der Waals surface area (Å²) in [6, 6.07) is 2.95. The molecule has 2 N–H and O–H groups in total. The number of carbonyl (C=O) groups excluding carboxylic acids is 1. The Bertz CT molecular complexity index is 568. The van der Waals surface area contributed by atoms with E-state index in [1.54, 1.807) is 0 Å². The zero-order valence-corrected chi connectivity index (χ0v) is 13.2. The van der Waals surface area contributed by atoms with Gasteiger partial charge in [-0.1, -0.05) is 19.4 Å². The fourth-order valence-corrected chi connectivity index (χ4v) is 4.04. The molecule has 1 aliphatic carbocycles. The highest BCUT2D eigenvalue weighted by Crippen LogP contribution is 2.23. The van der Waals surface area contributed by atoms with Crippen LogP contribution in [0.15, 0.2) is 18.2 Å². The lowest BCUT2D eigenvalue weighted by molar-refractivity contribution is 0.244. The number of benzene rings is 1. The van der Waals surface area contributed by atoms with Crippen molar-refractivity contribution in [2.75, 3.05) is 11.1 Å². The fraction of sp³-hybridized carbons (Fsp3) is 0.533. The summed E-state index contributed by atoms with van der Waals surface area (Å²) in [7, 11) is -0.875. The average Bonchev–Trinajstić information content (AvgIpc) is 2.51. The van der Waals surface area contributed by atoms with Gasteiger partial charge in [0.15, 0.2) is 11.6 Å². The zero-order chi connectivity index (χ0) is 16.1. The first kappa shape index (κ1) is 16.9. The van der Waals surface area contributed by atoms with E-state index in [4.69, 9.17) is 0 Å². The van der Waals surface area contributed by atoms with Gasteiger partial charge in [-0.05, 0) is 31.4 Å². The zero-order valence-electron chi connectivity index (χ0n) is 12.4. The summed E-state index contributed by atoms with van der Waals surface area (Å²) in [4.78, 5) is 11.9. The number of anilines is 1. The van der Waals surface area contributed by atoms with Crippen LogP contribution in [0.3, 0.4) is 0 Å². The monoisotopic (exact) mass is 330 g/mol. The van der Waals surface area contributed by atoms with Crippen LogP contribution in [0.2, 0.25) is 0 Å². The molecule has 7 heteroatoms. The second-order valence-corrected chi connectivity index (χ2v) is 7.36. The van der Waals surface area contributed by atoms with Crippen molar-refractivity contribution in [2.45, 2.75) is 43.9 Å². The van der Waals surface area contributed by atoms with Gasteiger partial charge in [-0.25, -0.2) is 13.6 Å². The second kappa shape index (κ2) is 7.67. The maximum Gasteiger partial charge on any atom is 0.319 e. The quantitative estimate of drug-likeness (QED) is 0.891. The van der Waals surface area contributed by atoms with Crippen molar-refractivity contribution in [3.05, 3.63) is 29.8 Å². The molecule has 0 bridgehead atoms. The molecular formula is C15H20F2N2O2S. The van der Waals surface area contributed by atoms with E-state index in [1.807, 2.05) is 6.92 Å². The molecule has 1 aliphatic rings. The third-order valence-electron chi connectivity index (χ3n) is 3.82. The summed E-state index contributed by atoms with van der Waals surface area (Å²) in [5.74, 6) is -1.47. The van der Waals surface area contributed by atoms with Crippen molar-refractivity contribution in [3.8, 4) is 0 Å². The average molecular weight is 330 g/mol. The van der Waals surface area contributed by atoms with E-state index in [0.29, 0.717) is 12.2 Å². The molecule has 122 valence electrons. The highest BCUT2D eigenvalue weighted by molar-refractivity contribution is 7.85. The van der Waals surface area contributed by atoms with E-state index in [0.717, 1.165) is 25.3 Å². The molecule has 1 aromatic carbocycles. The summed E-state index contributed by atoms with van der Waals surface area (Å²) in [6.45, 7) is 1.88. The number of carbonyl (C=O) groups is 1. The Labute approximate surface area is 131 Å². The SMILES string of the molecule is CCS(=O)C1CCCC(NC(=O)Nc2cccc(F)c2F)C1. The molecule has 4 nitrogen and oxygen atoms in total. The van der Waals surface area contributed by atoms with Gasteiger partial charge in [0.1, 0.15) is 0 Å². The number of halogens is 2. The predicted molar refractivity (Wildman–Crippen MR) is 83.2 cm³/mol. The van der Waals surface area contributed by atoms with Gasteiger partial charge in [0, 0.05) is 27.8 Å². The molecule has 2 rings (SSSR count). The highest BCUT2D eigenvalue weighted by atomic mass is 32.2. The third kappa shape index (κ3) is 4.25. The lowest BCUT2D eigenvalue weighted by Gasteiger charge is -2.29. The minimum atomic E-state index is -1.08. The first-order valence-corrected chi connectivity index (χ1v) is 8.78. The summed E-state index contributed by atoms with van der Waals surface area (Å²) in [6.07, 6.45) is 3.25. The molecule has 0 saturated heterocycles. The summed E-state index contributed by atoms with van der Waals surface area (Å²) < 4.78 is 38.4. The largest absolute Gasteiger partial charge is 0.335 e. The molecule has 3 atom stereocenters. The van der Waals surface area contributed by atoms with Crippen LogP contribution >= 0.6 is 0 Å². The Balaban J connectivity index is 1.91. The third-order valence-corrected chi connectivity index (χ3v) is 5.56. The minimum absolute atomic E-state index is 0.0918. The Kier molecular flexibility index (Phi) is 5.88. The molecule has 2 amide bonds. The smallest absolute Gasteiger partial charge is 0.319 e. The normalized spacial score (nSPS) is 22.9. The molecule has 0 aromatic heterocycles. The molecule has 0 spiro atoms. The number of rotatable bonds is 4. The van der Waals surface area contributed by atoms with Crippen LogP contribution in [-0.2, 0) is 10.8 Å². The minimum Gasteiger partial charge on any atom is -0.335 e. The van der Waals surface area contributed by atoms with Crippen LogP contribution in [0.4, 0.5) is 19.3 Å². The van der Waals surface area contributed by atoms with Crippen LogP contribution in [-0.4, -0.2) is 27.3 Å². The molecule has 22 heavy (non-hydrogen) atoms. The van der Waals surface area contributed by atoms with Crippen molar-refractivity contribution in [3.63, 3.8) is 0 Å². The standard InChI is InChI=1S/C15H20F2N2O2S/c1-2-22(21)11-6-3-5-10(9-11)18-15(20)19-13-8-4-7-12(16)14(13)17/h4,7-8,10-11H,2-3,5-6,9H2,1H3,(H2,18,19,20). The Morgan fingerprint density at radius 1 is 1.36 bits per heavy atom. The summed E-state index contributed by atoms with van der Waals surface area (Å²) >= 11 is 0. The number of hydrogen-bond acceptors (Lipinski definition) is 2. The predicted octanol–water partition coefficient (Wildman–Crippen LogP) is 3.17. The molecular weight excluding hydrogens is 310 g/mol. The topological polar surface area (TPSA) is 58.2 Å². The van der Waals surface area contributed by atoms with Crippen LogP contribution in [0.25, 0.3) is 0 Å². The fourth-order valence-electron chi connectivity index (χ4n) is 2.69. The number of amides is 2. The van der Waals surface area contributed by atoms with Crippen LogP contribution in [0.5, 0.6) is 0 Å². The lowest BCUT2D eigenvalue weighted by Crippen LogP contribution is -2.43. The summed E-state index contributed by atoms with van der Waals surface area (Å²) in [5.41, 5.74) is -0.193. The molecule has 0 aliphatic heterocycles. The molecule has 1 saturated carbocycles. The maximum absolute atomic E-state index is 13.5. The van der Waals surface area contributed by atoms with Crippen molar-refractivity contribution in [2.24, 2.45) is 0 Å². The van der Waals surface area contributed by atoms with Gasteiger partial charge in [-0.3, -0.25) is 4.21 Å². The van der Waals surface area contributed by atoms with Crippen molar-refractivity contribution in [1.29, 1.82) is 0 Å². The van der Waals surface area contributed by atoms with E-state index < -0.39 is 28.5 Å². The van der Waals surface area contributed by atoms with Gasteiger partial charge in [0.25, 0.3) is 0 Å². The number of hydrogen-bond donors (Lipinski definition) is 2. The van der Waals surface area contributed by atoms with E-state index in [2.05, 4.69) is 10.6 Å². The Morgan fingerprint density at radius 2 is 2.14 bits per heavy atom. The second-order valence-electron chi connectivity index (χ2n) is 5.35.